The molecule has 1 fully saturated rings. The van der Waals surface area contributed by atoms with Crippen molar-refractivity contribution in [1.82, 2.24) is 9.88 Å². The molecule has 1 atom stereocenters. The van der Waals surface area contributed by atoms with Crippen molar-refractivity contribution in [2.45, 2.75) is 39.7 Å². The molecule has 1 aliphatic heterocycles. The van der Waals surface area contributed by atoms with Crippen LogP contribution in [0.1, 0.15) is 32.8 Å². The lowest BCUT2D eigenvalue weighted by Crippen LogP contribution is -2.42. The number of carbonyl (C=O) groups excluding carboxylic acids is 2. The zero-order valence-electron chi connectivity index (χ0n) is 17.2. The van der Waals surface area contributed by atoms with E-state index in [1.807, 2.05) is 51.1 Å². The Morgan fingerprint density at radius 3 is 2.55 bits per heavy atom. The van der Waals surface area contributed by atoms with Crippen LogP contribution in [0.2, 0.25) is 0 Å². The molecule has 1 saturated heterocycles. The van der Waals surface area contributed by atoms with Gasteiger partial charge in [0.15, 0.2) is 0 Å². The molecule has 150 valence electrons. The molecule has 2 amide bonds. The molecule has 0 saturated carbocycles. The van der Waals surface area contributed by atoms with Crippen LogP contribution in [0, 0.1) is 12.8 Å². The summed E-state index contributed by atoms with van der Waals surface area (Å²) in [6.45, 7) is 8.53. The average Bonchev–Trinajstić information content (AvgIpc) is 3.25. The van der Waals surface area contributed by atoms with E-state index in [4.69, 9.17) is 4.98 Å². The zero-order valence-corrected chi connectivity index (χ0v) is 18.0. The van der Waals surface area contributed by atoms with Crippen molar-refractivity contribution in [3.63, 3.8) is 0 Å². The van der Waals surface area contributed by atoms with Crippen molar-refractivity contribution in [2.75, 3.05) is 11.9 Å². The number of fused-ring (bicyclic) bond motifs is 1. The van der Waals surface area contributed by atoms with Crippen LogP contribution < -0.4 is 5.32 Å². The van der Waals surface area contributed by atoms with Crippen LogP contribution in [0.3, 0.4) is 0 Å². The van der Waals surface area contributed by atoms with Gasteiger partial charge in [-0.25, -0.2) is 4.98 Å². The molecule has 0 radical (unpaired) electrons. The molecule has 0 spiro atoms. The molecule has 0 bridgehead atoms. The minimum absolute atomic E-state index is 0.0408. The standard InChI is InChI=1S/C23H25N3O2S/c1-14-5-10-18-19(11-14)29-22(25-18)15-6-8-17(9-7-15)24-21(28)16-12-20(27)26(13-16)23(2,3)4/h5-11,16H,12-13H2,1-4H3,(H,24,28)/t16-/m0/s1. The van der Waals surface area contributed by atoms with Crippen molar-refractivity contribution in [3.8, 4) is 10.6 Å². The van der Waals surface area contributed by atoms with Crippen LogP contribution in [-0.4, -0.2) is 33.8 Å². The van der Waals surface area contributed by atoms with E-state index in [-0.39, 0.29) is 29.7 Å². The summed E-state index contributed by atoms with van der Waals surface area (Å²) >= 11 is 1.67. The summed E-state index contributed by atoms with van der Waals surface area (Å²) < 4.78 is 1.17. The molecule has 1 N–H and O–H groups in total. The average molecular weight is 408 g/mol. The van der Waals surface area contributed by atoms with Gasteiger partial charge in [-0.15, -0.1) is 11.3 Å². The third-order valence-corrected chi connectivity index (χ3v) is 6.32. The first-order valence-corrected chi connectivity index (χ1v) is 10.6. The third-order valence-electron chi connectivity index (χ3n) is 5.25. The fraction of sp³-hybridized carbons (Fsp3) is 0.348. The summed E-state index contributed by atoms with van der Waals surface area (Å²) in [5, 5.41) is 3.92. The minimum Gasteiger partial charge on any atom is -0.337 e. The van der Waals surface area contributed by atoms with Gasteiger partial charge in [0.2, 0.25) is 11.8 Å². The van der Waals surface area contributed by atoms with Gasteiger partial charge in [-0.3, -0.25) is 9.59 Å². The van der Waals surface area contributed by atoms with Gasteiger partial charge in [0.1, 0.15) is 5.01 Å². The van der Waals surface area contributed by atoms with E-state index in [0.717, 1.165) is 21.8 Å². The molecule has 0 aliphatic carbocycles. The van der Waals surface area contributed by atoms with Crippen molar-refractivity contribution < 1.29 is 9.59 Å². The quantitative estimate of drug-likeness (QED) is 0.675. The maximum atomic E-state index is 12.6. The number of thiazole rings is 1. The van der Waals surface area contributed by atoms with Gasteiger partial charge in [-0.2, -0.15) is 0 Å². The van der Waals surface area contributed by atoms with Crippen LogP contribution in [-0.2, 0) is 9.59 Å². The summed E-state index contributed by atoms with van der Waals surface area (Å²) in [6.07, 6.45) is 0.270. The Morgan fingerprint density at radius 1 is 1.17 bits per heavy atom. The van der Waals surface area contributed by atoms with Crippen molar-refractivity contribution in [3.05, 3.63) is 48.0 Å². The molecule has 4 rings (SSSR count). The lowest BCUT2D eigenvalue weighted by molar-refractivity contribution is -0.131. The molecule has 1 aromatic heterocycles. The SMILES string of the molecule is Cc1ccc2nc(-c3ccc(NC(=O)[C@H]4CC(=O)N(C(C)(C)C)C4)cc3)sc2c1. The normalized spacial score (nSPS) is 17.2. The molecule has 2 aromatic carbocycles. The molecule has 0 unspecified atom stereocenters. The van der Waals surface area contributed by atoms with Crippen molar-refractivity contribution in [1.29, 1.82) is 0 Å². The number of carbonyl (C=O) groups is 2. The molecule has 6 heteroatoms. The Bertz CT molecular complexity index is 1080. The first-order chi connectivity index (χ1) is 13.7. The first kappa shape index (κ1) is 19.6. The maximum Gasteiger partial charge on any atom is 0.229 e. The zero-order chi connectivity index (χ0) is 20.8. The van der Waals surface area contributed by atoms with Crippen LogP contribution >= 0.6 is 11.3 Å². The summed E-state index contributed by atoms with van der Waals surface area (Å²) in [5.74, 6) is -0.374. The summed E-state index contributed by atoms with van der Waals surface area (Å²) in [6, 6.07) is 14.0. The number of rotatable bonds is 3. The molecular formula is C23H25N3O2S. The molecule has 3 aromatic rings. The van der Waals surface area contributed by atoms with E-state index in [0.29, 0.717) is 6.54 Å². The van der Waals surface area contributed by atoms with Crippen LogP contribution in [0.25, 0.3) is 20.8 Å². The van der Waals surface area contributed by atoms with Crippen LogP contribution in [0.5, 0.6) is 0 Å². The number of benzene rings is 2. The second kappa shape index (κ2) is 7.26. The fourth-order valence-electron chi connectivity index (χ4n) is 3.63. The Labute approximate surface area is 174 Å². The monoisotopic (exact) mass is 407 g/mol. The van der Waals surface area contributed by atoms with Crippen LogP contribution in [0.15, 0.2) is 42.5 Å². The summed E-state index contributed by atoms with van der Waals surface area (Å²) in [7, 11) is 0. The number of aromatic nitrogens is 1. The van der Waals surface area contributed by atoms with Crippen molar-refractivity contribution in [2.24, 2.45) is 5.92 Å². The first-order valence-electron chi connectivity index (χ1n) is 9.80. The van der Waals surface area contributed by atoms with E-state index < -0.39 is 0 Å². The van der Waals surface area contributed by atoms with E-state index in [1.54, 1.807) is 16.2 Å². The van der Waals surface area contributed by atoms with Gasteiger partial charge in [-0.1, -0.05) is 6.07 Å². The predicted octanol–water partition coefficient (Wildman–Crippen LogP) is 4.86. The Kier molecular flexibility index (Phi) is 4.90. The van der Waals surface area contributed by atoms with Gasteiger partial charge in [0.25, 0.3) is 0 Å². The predicted molar refractivity (Wildman–Crippen MR) is 118 cm³/mol. The topological polar surface area (TPSA) is 62.3 Å². The Hall–Kier alpha value is -2.73. The van der Waals surface area contributed by atoms with Gasteiger partial charge >= 0.3 is 0 Å². The molecular weight excluding hydrogens is 382 g/mol. The van der Waals surface area contributed by atoms with Gasteiger partial charge in [-0.05, 0) is 69.7 Å². The number of amides is 2. The largest absolute Gasteiger partial charge is 0.337 e. The number of aryl methyl sites for hydroxylation is 1. The molecule has 5 nitrogen and oxygen atoms in total. The highest BCUT2D eigenvalue weighted by atomic mass is 32.1. The number of nitrogens with one attached hydrogen (secondary N) is 1. The Morgan fingerprint density at radius 2 is 1.90 bits per heavy atom. The minimum atomic E-state index is -0.311. The second-order valence-corrected chi connectivity index (χ2v) is 9.66. The molecule has 2 heterocycles. The van der Waals surface area contributed by atoms with E-state index in [9.17, 15) is 9.59 Å². The highest BCUT2D eigenvalue weighted by molar-refractivity contribution is 7.21. The maximum absolute atomic E-state index is 12.6. The number of anilines is 1. The number of likely N-dealkylation sites (tertiary alicyclic amines) is 1. The molecule has 1 aliphatic rings. The molecule has 29 heavy (non-hydrogen) atoms. The number of hydrogen-bond acceptors (Lipinski definition) is 4. The fourth-order valence-corrected chi connectivity index (χ4v) is 4.70. The smallest absolute Gasteiger partial charge is 0.229 e. The number of hydrogen-bond donors (Lipinski definition) is 1. The number of nitrogens with zero attached hydrogens (tertiary/aromatic N) is 2. The lowest BCUT2D eigenvalue weighted by Gasteiger charge is -2.31. The third kappa shape index (κ3) is 4.03. The lowest BCUT2D eigenvalue weighted by atomic mass is 10.1. The van der Waals surface area contributed by atoms with Gasteiger partial charge in [0.05, 0.1) is 16.1 Å². The van der Waals surface area contributed by atoms with Gasteiger partial charge in [0, 0.05) is 29.8 Å². The second-order valence-electron chi connectivity index (χ2n) is 8.63. The van der Waals surface area contributed by atoms with Gasteiger partial charge < -0.3 is 10.2 Å². The summed E-state index contributed by atoms with van der Waals surface area (Å²) in [4.78, 5) is 31.4. The van der Waals surface area contributed by atoms with E-state index >= 15 is 0 Å². The highest BCUT2D eigenvalue weighted by Crippen LogP contribution is 2.32. The Balaban J connectivity index is 1.45. The van der Waals surface area contributed by atoms with E-state index in [1.165, 1.54) is 10.3 Å². The van der Waals surface area contributed by atoms with Crippen LogP contribution in [0.4, 0.5) is 5.69 Å². The highest BCUT2D eigenvalue weighted by Gasteiger charge is 2.39. The van der Waals surface area contributed by atoms with E-state index in [2.05, 4.69) is 24.4 Å². The van der Waals surface area contributed by atoms with Crippen molar-refractivity contribution >= 4 is 39.1 Å². The summed E-state index contributed by atoms with van der Waals surface area (Å²) in [5.41, 5.74) is 3.72.